The first-order chi connectivity index (χ1) is 5.46. The molecular weight excluding hydrogens is 168 g/mol. The van der Waals surface area contributed by atoms with Crippen molar-refractivity contribution in [1.82, 2.24) is 0 Å². The molecular formula is C6H12O6. The van der Waals surface area contributed by atoms with Crippen molar-refractivity contribution in [2.24, 2.45) is 0 Å². The van der Waals surface area contributed by atoms with Crippen LogP contribution in [0.25, 0.3) is 0 Å². The first kappa shape index (κ1) is 22.5. The third-order valence-corrected chi connectivity index (χ3v) is 0. The smallest absolute Gasteiger partial charge is 0.450 e. The highest BCUT2D eigenvalue weighted by Crippen LogP contribution is 1.43. The summed E-state index contributed by atoms with van der Waals surface area (Å²) in [6, 6.07) is 0. The minimum Gasteiger partial charge on any atom is -0.450 e. The predicted octanol–water partition coefficient (Wildman–Crippen LogP) is 2.05. The molecule has 0 rings (SSSR count). The van der Waals surface area contributed by atoms with Gasteiger partial charge in [-0.05, 0) is 0 Å². The number of rotatable bonds is 0. The fraction of sp³-hybridized carbons (Fsp3) is 0. The van der Waals surface area contributed by atoms with E-state index in [1.54, 1.807) is 0 Å². The van der Waals surface area contributed by atoms with E-state index < -0.39 is 12.3 Å². The summed E-state index contributed by atoms with van der Waals surface area (Å²) in [5, 5.41) is 27.9. The average Bonchev–Trinajstić information content (AvgIpc) is 1.93. The molecule has 0 aromatic heterocycles. The van der Waals surface area contributed by atoms with Crippen molar-refractivity contribution < 1.29 is 30.0 Å². The molecule has 4 N–H and O–H groups in total. The van der Waals surface area contributed by atoms with Gasteiger partial charge in [-0.1, -0.05) is 0 Å². The van der Waals surface area contributed by atoms with Crippen LogP contribution < -0.4 is 0 Å². The van der Waals surface area contributed by atoms with Crippen molar-refractivity contribution in [3.8, 4) is 0 Å². The molecule has 0 bridgehead atoms. The molecule has 0 aromatic rings. The number of hydrogen-bond acceptors (Lipinski definition) is 2. The molecule has 0 aliphatic rings. The van der Waals surface area contributed by atoms with Crippen LogP contribution in [0.5, 0.6) is 0 Å². The lowest BCUT2D eigenvalue weighted by Crippen LogP contribution is -1.81. The van der Waals surface area contributed by atoms with Crippen LogP contribution in [0, 0.1) is 0 Å². The van der Waals surface area contributed by atoms with Crippen LogP contribution in [0.3, 0.4) is 0 Å². The van der Waals surface area contributed by atoms with Gasteiger partial charge >= 0.3 is 12.3 Å². The molecule has 0 fully saturated rings. The van der Waals surface area contributed by atoms with Gasteiger partial charge in [0.05, 0.1) is 0 Å². The second kappa shape index (κ2) is 35.9. The maximum Gasteiger partial charge on any atom is 0.503 e. The molecule has 0 saturated heterocycles. The van der Waals surface area contributed by atoms with Gasteiger partial charge in [0.1, 0.15) is 0 Å². The zero-order valence-corrected chi connectivity index (χ0v) is 6.43. The molecule has 72 valence electrons. The Morgan fingerprint density at radius 3 is 0.667 bits per heavy atom. The van der Waals surface area contributed by atoms with Crippen molar-refractivity contribution in [2.75, 3.05) is 0 Å². The monoisotopic (exact) mass is 180 g/mol. The largest absolute Gasteiger partial charge is 0.503 e. The van der Waals surface area contributed by atoms with Crippen molar-refractivity contribution >= 4 is 12.3 Å². The summed E-state index contributed by atoms with van der Waals surface area (Å²) < 4.78 is 0. The summed E-state index contributed by atoms with van der Waals surface area (Å²) in [5.74, 6) is 0. The van der Waals surface area contributed by atoms with E-state index in [0.29, 0.717) is 0 Å². The van der Waals surface area contributed by atoms with Gasteiger partial charge in [0.2, 0.25) is 0 Å². The number of carbonyl (C=O) groups is 2. The molecule has 0 radical (unpaired) electrons. The van der Waals surface area contributed by atoms with Crippen molar-refractivity contribution in [3.05, 3.63) is 26.3 Å². The third kappa shape index (κ3) is 101. The highest BCUT2D eigenvalue weighted by Gasteiger charge is 1.70. The van der Waals surface area contributed by atoms with E-state index in [1.807, 2.05) is 0 Å². The van der Waals surface area contributed by atoms with E-state index in [0.717, 1.165) is 0 Å². The Bertz CT molecular complexity index is 88.6. The summed E-state index contributed by atoms with van der Waals surface area (Å²) in [4.78, 5) is 17.1. The van der Waals surface area contributed by atoms with Crippen LogP contribution in [0.4, 0.5) is 9.59 Å². The minimum atomic E-state index is -1.83. The van der Waals surface area contributed by atoms with Gasteiger partial charge in [0.25, 0.3) is 0 Å². The van der Waals surface area contributed by atoms with Crippen LogP contribution >= 0.6 is 0 Å². The zero-order chi connectivity index (χ0) is 11.2. The van der Waals surface area contributed by atoms with E-state index in [1.165, 1.54) is 0 Å². The molecule has 6 nitrogen and oxygen atoms in total. The molecule has 0 aliphatic carbocycles. The summed E-state index contributed by atoms with van der Waals surface area (Å²) in [5.41, 5.74) is 0. The second-order valence-electron chi connectivity index (χ2n) is 0.565. The lowest BCUT2D eigenvalue weighted by atomic mass is 11.3. The first-order valence-electron chi connectivity index (χ1n) is 2.30. The maximum atomic E-state index is 8.56. The minimum absolute atomic E-state index is 1.83. The van der Waals surface area contributed by atoms with Gasteiger partial charge < -0.3 is 20.4 Å². The Hall–Kier alpha value is -1.98. The van der Waals surface area contributed by atoms with Gasteiger partial charge in [0, 0.05) is 0 Å². The van der Waals surface area contributed by atoms with Crippen molar-refractivity contribution in [1.29, 1.82) is 0 Å². The van der Waals surface area contributed by atoms with Gasteiger partial charge in [-0.2, -0.15) is 0 Å². The van der Waals surface area contributed by atoms with Crippen LogP contribution in [0.1, 0.15) is 0 Å². The molecule has 0 saturated carbocycles. The molecule has 0 amide bonds. The van der Waals surface area contributed by atoms with E-state index >= 15 is 0 Å². The average molecular weight is 180 g/mol. The fourth-order valence-electron chi connectivity index (χ4n) is 0. The SMILES string of the molecule is C=C.C=C.O=C(O)O.O=C(O)O. The lowest BCUT2D eigenvalue weighted by molar-refractivity contribution is 0.135. The zero-order valence-electron chi connectivity index (χ0n) is 6.43. The molecule has 0 heterocycles. The van der Waals surface area contributed by atoms with E-state index in [9.17, 15) is 0 Å². The highest BCUT2D eigenvalue weighted by molar-refractivity contribution is 5.53. The predicted molar refractivity (Wildman–Crippen MR) is 43.8 cm³/mol. The standard InChI is InChI=1S/2C2H4.2CH2O3/c2*1-2;2*2-1(3)4/h2*1-2H2;2*(H2,2,3,4). The summed E-state index contributed by atoms with van der Waals surface area (Å²) in [6.07, 6.45) is -3.67. The van der Waals surface area contributed by atoms with Crippen LogP contribution in [0.2, 0.25) is 0 Å². The first-order valence-corrected chi connectivity index (χ1v) is 2.30. The Morgan fingerprint density at radius 2 is 0.667 bits per heavy atom. The number of carboxylic acid groups (broad SMARTS) is 4. The fourth-order valence-corrected chi connectivity index (χ4v) is 0. The van der Waals surface area contributed by atoms with Gasteiger partial charge in [-0.3, -0.25) is 0 Å². The lowest BCUT2D eigenvalue weighted by Gasteiger charge is -1.60. The molecule has 0 aliphatic heterocycles. The molecule has 0 atom stereocenters. The van der Waals surface area contributed by atoms with Crippen LogP contribution in [-0.2, 0) is 0 Å². The van der Waals surface area contributed by atoms with Crippen molar-refractivity contribution in [2.45, 2.75) is 0 Å². The number of hydrogen-bond donors (Lipinski definition) is 4. The summed E-state index contributed by atoms with van der Waals surface area (Å²) >= 11 is 0. The molecule has 6 heteroatoms. The Morgan fingerprint density at radius 1 is 0.667 bits per heavy atom. The van der Waals surface area contributed by atoms with E-state index in [4.69, 9.17) is 30.0 Å². The van der Waals surface area contributed by atoms with Gasteiger partial charge in [-0.25, -0.2) is 9.59 Å². The highest BCUT2D eigenvalue weighted by atomic mass is 16.6. The van der Waals surface area contributed by atoms with Crippen LogP contribution in [-0.4, -0.2) is 32.7 Å². The summed E-state index contributed by atoms with van der Waals surface area (Å²) in [7, 11) is 0. The Balaban J connectivity index is -0.0000000380. The maximum absolute atomic E-state index is 8.56. The Labute approximate surface area is 69.7 Å². The Kier molecular flexibility index (Phi) is 67.3. The van der Waals surface area contributed by atoms with Crippen LogP contribution in [0.15, 0.2) is 26.3 Å². The normalized spacial score (nSPS) is 4.67. The van der Waals surface area contributed by atoms with Crippen molar-refractivity contribution in [3.63, 3.8) is 0 Å². The molecule has 0 aromatic carbocycles. The summed E-state index contributed by atoms with van der Waals surface area (Å²) in [6.45, 7) is 12.0. The van der Waals surface area contributed by atoms with E-state index in [2.05, 4.69) is 26.3 Å². The van der Waals surface area contributed by atoms with Gasteiger partial charge in [0.15, 0.2) is 0 Å². The molecule has 0 spiro atoms. The molecule has 0 unspecified atom stereocenters. The quantitative estimate of drug-likeness (QED) is 0.424. The van der Waals surface area contributed by atoms with Gasteiger partial charge in [-0.15, -0.1) is 26.3 Å². The third-order valence-electron chi connectivity index (χ3n) is 0. The second-order valence-corrected chi connectivity index (χ2v) is 0.565. The topological polar surface area (TPSA) is 115 Å². The molecule has 12 heavy (non-hydrogen) atoms. The van der Waals surface area contributed by atoms with E-state index in [-0.39, 0.29) is 0 Å².